The van der Waals surface area contributed by atoms with Gasteiger partial charge in [0.05, 0.1) is 6.33 Å². The molecule has 0 atom stereocenters. The monoisotopic (exact) mass is 309 g/mol. The Morgan fingerprint density at radius 1 is 1.18 bits per heavy atom. The molecule has 0 spiro atoms. The summed E-state index contributed by atoms with van der Waals surface area (Å²) in [7, 11) is 0. The summed E-state index contributed by atoms with van der Waals surface area (Å²) in [5.74, 6) is -0.115. The Morgan fingerprint density at radius 2 is 2.00 bits per heavy atom. The first-order chi connectivity index (χ1) is 10.8. The molecular weight excluding hydrogens is 294 g/mol. The highest BCUT2D eigenvalue weighted by Gasteiger charge is 2.06. The Kier molecular flexibility index (Phi) is 4.25. The van der Waals surface area contributed by atoms with E-state index in [4.69, 9.17) is 0 Å². The van der Waals surface area contributed by atoms with Gasteiger partial charge in [-0.3, -0.25) is 4.79 Å². The number of aromatic nitrogens is 2. The van der Waals surface area contributed by atoms with Crippen molar-refractivity contribution in [2.45, 2.75) is 4.90 Å². The molecule has 0 unspecified atom stereocenters. The number of nitrogens with one attached hydrogen (secondary N) is 1. The fourth-order valence-corrected chi connectivity index (χ4v) is 2.56. The van der Waals surface area contributed by atoms with E-state index in [0.717, 1.165) is 16.3 Å². The van der Waals surface area contributed by atoms with Gasteiger partial charge in [-0.2, -0.15) is 0 Å². The van der Waals surface area contributed by atoms with Crippen LogP contribution in [0, 0.1) is 0 Å². The lowest BCUT2D eigenvalue weighted by Crippen LogP contribution is -2.11. The zero-order valence-corrected chi connectivity index (χ0v) is 12.9. The molecule has 2 aromatic carbocycles. The zero-order valence-electron chi connectivity index (χ0n) is 12.1. The van der Waals surface area contributed by atoms with Gasteiger partial charge in [0.15, 0.2) is 0 Å². The molecule has 0 aliphatic heterocycles. The normalized spacial score (nSPS) is 10.4. The van der Waals surface area contributed by atoms with E-state index in [2.05, 4.69) is 10.3 Å². The van der Waals surface area contributed by atoms with Crippen LogP contribution in [0.1, 0.15) is 10.4 Å². The van der Waals surface area contributed by atoms with Gasteiger partial charge in [-0.15, -0.1) is 11.8 Å². The molecule has 1 amide bonds. The molecule has 0 aliphatic rings. The number of imidazole rings is 1. The molecule has 4 nitrogen and oxygen atoms in total. The number of hydrogen-bond donors (Lipinski definition) is 1. The smallest absolute Gasteiger partial charge is 0.255 e. The van der Waals surface area contributed by atoms with Crippen molar-refractivity contribution in [1.82, 2.24) is 9.55 Å². The third-order valence-electron chi connectivity index (χ3n) is 3.26. The molecular formula is C17H15N3OS. The first kappa shape index (κ1) is 14.4. The summed E-state index contributed by atoms with van der Waals surface area (Å²) in [6.07, 6.45) is 7.32. The lowest BCUT2D eigenvalue weighted by atomic mass is 10.2. The molecule has 1 N–H and O–H groups in total. The van der Waals surface area contributed by atoms with E-state index in [1.54, 1.807) is 24.3 Å². The molecule has 3 aromatic rings. The van der Waals surface area contributed by atoms with Gasteiger partial charge >= 0.3 is 0 Å². The van der Waals surface area contributed by atoms with Crippen LogP contribution in [0.15, 0.2) is 72.1 Å². The number of hydrogen-bond acceptors (Lipinski definition) is 3. The van der Waals surface area contributed by atoms with Gasteiger partial charge in [0.2, 0.25) is 0 Å². The van der Waals surface area contributed by atoms with Gasteiger partial charge in [0.1, 0.15) is 0 Å². The van der Waals surface area contributed by atoms with Crippen molar-refractivity contribution >= 4 is 23.4 Å². The van der Waals surface area contributed by atoms with Crippen molar-refractivity contribution in [1.29, 1.82) is 0 Å². The topological polar surface area (TPSA) is 46.9 Å². The largest absolute Gasteiger partial charge is 0.322 e. The SMILES string of the molecule is CSc1cccc(NC(=O)c2ccc(-n3ccnc3)cc2)c1. The number of amides is 1. The van der Waals surface area contributed by atoms with E-state index in [9.17, 15) is 4.79 Å². The predicted molar refractivity (Wildman–Crippen MR) is 89.7 cm³/mol. The van der Waals surface area contributed by atoms with E-state index in [0.29, 0.717) is 5.56 Å². The highest BCUT2D eigenvalue weighted by Crippen LogP contribution is 2.19. The third kappa shape index (κ3) is 3.20. The maximum absolute atomic E-state index is 12.3. The molecule has 3 rings (SSSR count). The summed E-state index contributed by atoms with van der Waals surface area (Å²) >= 11 is 1.65. The molecule has 1 heterocycles. The number of carbonyl (C=O) groups is 1. The van der Waals surface area contributed by atoms with Gasteiger partial charge in [-0.1, -0.05) is 6.07 Å². The summed E-state index contributed by atoms with van der Waals surface area (Å²) in [5.41, 5.74) is 2.40. The maximum Gasteiger partial charge on any atom is 0.255 e. The van der Waals surface area contributed by atoms with Crippen molar-refractivity contribution < 1.29 is 4.79 Å². The van der Waals surface area contributed by atoms with Gasteiger partial charge in [-0.25, -0.2) is 4.98 Å². The molecule has 0 fully saturated rings. The van der Waals surface area contributed by atoms with Crippen LogP contribution in [0.3, 0.4) is 0 Å². The highest BCUT2D eigenvalue weighted by molar-refractivity contribution is 7.98. The summed E-state index contributed by atoms with van der Waals surface area (Å²) in [6.45, 7) is 0. The predicted octanol–water partition coefficient (Wildman–Crippen LogP) is 3.85. The first-order valence-electron chi connectivity index (χ1n) is 6.80. The van der Waals surface area contributed by atoms with Gasteiger partial charge in [0.25, 0.3) is 5.91 Å². The number of rotatable bonds is 4. The Hall–Kier alpha value is -2.53. The van der Waals surface area contributed by atoms with Gasteiger partial charge < -0.3 is 9.88 Å². The van der Waals surface area contributed by atoms with Crippen LogP contribution in [0.2, 0.25) is 0 Å². The van der Waals surface area contributed by atoms with Crippen molar-refractivity contribution in [3.8, 4) is 5.69 Å². The van der Waals surface area contributed by atoms with Crippen LogP contribution in [0.5, 0.6) is 0 Å². The molecule has 0 saturated carbocycles. The van der Waals surface area contributed by atoms with E-state index >= 15 is 0 Å². The van der Waals surface area contributed by atoms with Crippen LogP contribution in [-0.4, -0.2) is 21.7 Å². The lowest BCUT2D eigenvalue weighted by molar-refractivity contribution is 0.102. The lowest BCUT2D eigenvalue weighted by Gasteiger charge is -2.07. The van der Waals surface area contributed by atoms with Crippen molar-refractivity contribution in [3.63, 3.8) is 0 Å². The Morgan fingerprint density at radius 3 is 2.68 bits per heavy atom. The summed E-state index contributed by atoms with van der Waals surface area (Å²) in [4.78, 5) is 17.4. The van der Waals surface area contributed by atoms with Crippen LogP contribution >= 0.6 is 11.8 Å². The minimum atomic E-state index is -0.115. The Bertz CT molecular complexity index is 767. The fourth-order valence-electron chi connectivity index (χ4n) is 2.10. The van der Waals surface area contributed by atoms with Crippen LogP contribution in [-0.2, 0) is 0 Å². The molecule has 110 valence electrons. The number of benzene rings is 2. The molecule has 1 aromatic heterocycles. The average Bonchev–Trinajstić information content (AvgIpc) is 3.09. The van der Waals surface area contributed by atoms with Crippen molar-refractivity contribution in [3.05, 3.63) is 72.8 Å². The maximum atomic E-state index is 12.3. The molecule has 22 heavy (non-hydrogen) atoms. The molecule has 5 heteroatoms. The number of thioether (sulfide) groups is 1. The number of anilines is 1. The van der Waals surface area contributed by atoms with Crippen molar-refractivity contribution in [2.75, 3.05) is 11.6 Å². The second kappa shape index (κ2) is 6.49. The molecule has 0 bridgehead atoms. The first-order valence-corrected chi connectivity index (χ1v) is 8.02. The number of nitrogens with zero attached hydrogens (tertiary/aromatic N) is 2. The number of carbonyl (C=O) groups excluding carboxylic acids is 1. The van der Waals surface area contributed by atoms with E-state index in [1.807, 2.05) is 65.6 Å². The summed E-state index contributed by atoms with van der Waals surface area (Å²) in [5, 5.41) is 2.92. The van der Waals surface area contributed by atoms with Gasteiger partial charge in [0, 0.05) is 34.2 Å². The quantitative estimate of drug-likeness (QED) is 0.745. The fraction of sp³-hybridized carbons (Fsp3) is 0.0588. The van der Waals surface area contributed by atoms with E-state index in [1.165, 1.54) is 0 Å². The van der Waals surface area contributed by atoms with E-state index < -0.39 is 0 Å². The van der Waals surface area contributed by atoms with Crippen molar-refractivity contribution in [2.24, 2.45) is 0 Å². The Balaban J connectivity index is 1.74. The molecule has 0 aliphatic carbocycles. The van der Waals surface area contributed by atoms with E-state index in [-0.39, 0.29) is 5.91 Å². The average molecular weight is 309 g/mol. The zero-order chi connectivity index (χ0) is 15.4. The second-order valence-electron chi connectivity index (χ2n) is 4.70. The van der Waals surface area contributed by atoms with Gasteiger partial charge in [-0.05, 0) is 48.7 Å². The summed E-state index contributed by atoms with van der Waals surface area (Å²) < 4.78 is 1.89. The summed E-state index contributed by atoms with van der Waals surface area (Å²) in [6, 6.07) is 15.2. The second-order valence-corrected chi connectivity index (χ2v) is 5.58. The van der Waals surface area contributed by atoms with Crippen LogP contribution in [0.4, 0.5) is 5.69 Å². The highest BCUT2D eigenvalue weighted by atomic mass is 32.2. The Labute approximate surface area is 133 Å². The minimum Gasteiger partial charge on any atom is -0.322 e. The van der Waals surface area contributed by atoms with Crippen LogP contribution in [0.25, 0.3) is 5.69 Å². The standard InChI is InChI=1S/C17H15N3OS/c1-22-16-4-2-3-14(11-16)19-17(21)13-5-7-15(8-6-13)20-10-9-18-12-20/h2-12H,1H3,(H,19,21). The van der Waals surface area contributed by atoms with Crippen LogP contribution < -0.4 is 5.32 Å². The minimum absolute atomic E-state index is 0.115. The molecule has 0 radical (unpaired) electrons. The third-order valence-corrected chi connectivity index (χ3v) is 3.98. The molecule has 0 saturated heterocycles.